The molecule has 0 saturated heterocycles. The number of rotatable bonds is 7. The minimum absolute atomic E-state index is 0.328. The second-order valence-electron chi connectivity index (χ2n) is 9.31. The van der Waals surface area contributed by atoms with Crippen LogP contribution in [0.4, 0.5) is 17.2 Å². The van der Waals surface area contributed by atoms with Crippen molar-refractivity contribution in [1.29, 1.82) is 0 Å². The van der Waals surface area contributed by atoms with E-state index in [1.54, 1.807) is 62.2 Å². The first-order chi connectivity index (χ1) is 19.3. The monoisotopic (exact) mass is 557 g/mol. The molecule has 9 nitrogen and oxygen atoms in total. The van der Waals surface area contributed by atoms with E-state index >= 15 is 0 Å². The Balaban J connectivity index is 1.57. The summed E-state index contributed by atoms with van der Waals surface area (Å²) < 4.78 is 12.6. The Morgan fingerprint density at radius 3 is 2.15 bits per heavy atom. The largest absolute Gasteiger partial charge is 0.493 e. The van der Waals surface area contributed by atoms with Gasteiger partial charge in [-0.15, -0.1) is 0 Å². The lowest BCUT2D eigenvalue weighted by Crippen LogP contribution is -2.32. The van der Waals surface area contributed by atoms with E-state index in [2.05, 4.69) is 21.0 Å². The fourth-order valence-corrected chi connectivity index (χ4v) is 4.74. The van der Waals surface area contributed by atoms with Gasteiger partial charge in [0.2, 0.25) is 0 Å². The second kappa shape index (κ2) is 11.2. The fourth-order valence-electron chi connectivity index (χ4n) is 4.61. The topological polar surface area (TPSA) is 107 Å². The molecule has 1 aliphatic heterocycles. The number of nitrogens with one attached hydrogen (secondary N) is 3. The molecule has 0 saturated carbocycles. The van der Waals surface area contributed by atoms with E-state index in [1.165, 1.54) is 6.20 Å². The molecule has 3 N–H and O–H groups in total. The zero-order chi connectivity index (χ0) is 28.4. The number of aryl methyl sites for hydroxylation is 1. The molecule has 0 bridgehead atoms. The number of amides is 2. The highest BCUT2D eigenvalue weighted by atomic mass is 35.5. The maximum absolute atomic E-state index is 13.7. The van der Waals surface area contributed by atoms with Gasteiger partial charge in [0.15, 0.2) is 11.5 Å². The Bertz CT molecular complexity index is 1610. The lowest BCUT2D eigenvalue weighted by molar-refractivity contribution is -0.113. The van der Waals surface area contributed by atoms with E-state index in [1.807, 2.05) is 37.3 Å². The summed E-state index contributed by atoms with van der Waals surface area (Å²) in [5.41, 5.74) is 4.39. The second-order valence-corrected chi connectivity index (χ2v) is 9.75. The number of methoxy groups -OCH3 is 2. The number of benzene rings is 3. The summed E-state index contributed by atoms with van der Waals surface area (Å²) in [5, 5.41) is 14.2. The van der Waals surface area contributed by atoms with Crippen LogP contribution in [0.25, 0.3) is 0 Å². The van der Waals surface area contributed by atoms with Crippen molar-refractivity contribution in [2.75, 3.05) is 30.2 Å². The summed E-state index contributed by atoms with van der Waals surface area (Å²) >= 11 is 6.02. The highest BCUT2D eigenvalue weighted by Gasteiger charge is 2.36. The van der Waals surface area contributed by atoms with E-state index in [0.717, 1.165) is 11.1 Å². The molecule has 1 aromatic heterocycles. The van der Waals surface area contributed by atoms with Gasteiger partial charge >= 0.3 is 0 Å². The molecule has 204 valence electrons. The lowest BCUT2D eigenvalue weighted by atomic mass is 9.94. The summed E-state index contributed by atoms with van der Waals surface area (Å²) in [6.45, 7) is 3.77. The van der Waals surface area contributed by atoms with Gasteiger partial charge < -0.3 is 25.4 Å². The SMILES string of the molecule is COc1ccc([C@H]2C(C(=O)Nc3ccc(Cl)cc3)=C(C)Nc3c(C(=O)Nc4ccc(C)cc4)cnn32)cc1OC. The number of carbonyl (C=O) groups excluding carboxylic acids is 2. The van der Waals surface area contributed by atoms with Crippen molar-refractivity contribution in [3.05, 3.63) is 106 Å². The van der Waals surface area contributed by atoms with Crippen LogP contribution in [0.3, 0.4) is 0 Å². The third-order valence-corrected chi connectivity index (χ3v) is 6.90. The van der Waals surface area contributed by atoms with Crippen LogP contribution in [0, 0.1) is 6.92 Å². The number of ether oxygens (including phenoxy) is 2. The van der Waals surface area contributed by atoms with Gasteiger partial charge in [0.1, 0.15) is 17.4 Å². The van der Waals surface area contributed by atoms with E-state index in [0.29, 0.717) is 50.5 Å². The molecule has 10 heteroatoms. The quantitative estimate of drug-likeness (QED) is 0.256. The Labute approximate surface area is 236 Å². The molecule has 3 aromatic carbocycles. The summed E-state index contributed by atoms with van der Waals surface area (Å²) in [7, 11) is 3.10. The van der Waals surface area contributed by atoms with Crippen LogP contribution in [0.2, 0.25) is 5.02 Å². The van der Waals surface area contributed by atoms with Crippen molar-refractivity contribution in [3.63, 3.8) is 0 Å². The molecule has 0 radical (unpaired) electrons. The highest BCUT2D eigenvalue weighted by molar-refractivity contribution is 6.30. The standard InChI is InChI=1S/C30H28ClN5O4/c1-17-5-10-21(11-6-17)34-29(37)23-16-32-36-27(19-7-14-24(39-3)25(15-19)40-4)26(18(2)33-28(23)36)30(38)35-22-12-8-20(31)9-13-22/h5-16,27,33H,1-4H3,(H,34,37)(H,35,38)/t27-/m0/s1. The first kappa shape index (κ1) is 26.8. The van der Waals surface area contributed by atoms with Crippen LogP contribution in [0.1, 0.15) is 34.5 Å². The van der Waals surface area contributed by atoms with E-state index in [9.17, 15) is 9.59 Å². The summed E-state index contributed by atoms with van der Waals surface area (Å²) in [5.74, 6) is 0.848. The first-order valence-electron chi connectivity index (χ1n) is 12.5. The third kappa shape index (κ3) is 5.23. The molecule has 40 heavy (non-hydrogen) atoms. The zero-order valence-electron chi connectivity index (χ0n) is 22.4. The molecule has 2 amide bonds. The van der Waals surface area contributed by atoms with Gasteiger partial charge in [-0.2, -0.15) is 5.10 Å². The van der Waals surface area contributed by atoms with Gasteiger partial charge in [0.25, 0.3) is 11.8 Å². The van der Waals surface area contributed by atoms with Crippen molar-refractivity contribution in [3.8, 4) is 11.5 Å². The van der Waals surface area contributed by atoms with Crippen molar-refractivity contribution < 1.29 is 19.1 Å². The molecule has 2 heterocycles. The Kier molecular flexibility index (Phi) is 7.48. The molecule has 5 rings (SSSR count). The van der Waals surface area contributed by atoms with Crippen molar-refractivity contribution in [2.24, 2.45) is 0 Å². The molecule has 4 aromatic rings. The summed E-state index contributed by atoms with van der Waals surface area (Å²) in [6, 6.07) is 19.1. The molecule has 0 unspecified atom stereocenters. The Morgan fingerprint density at radius 2 is 1.50 bits per heavy atom. The van der Waals surface area contributed by atoms with Crippen LogP contribution in [-0.4, -0.2) is 35.8 Å². The van der Waals surface area contributed by atoms with Crippen LogP contribution in [0.15, 0.2) is 84.2 Å². The van der Waals surface area contributed by atoms with Crippen molar-refractivity contribution >= 4 is 40.6 Å². The molecule has 0 fully saturated rings. The molecule has 1 aliphatic rings. The van der Waals surface area contributed by atoms with Crippen molar-refractivity contribution in [2.45, 2.75) is 19.9 Å². The highest BCUT2D eigenvalue weighted by Crippen LogP contribution is 2.40. The van der Waals surface area contributed by atoms with Crippen molar-refractivity contribution in [1.82, 2.24) is 9.78 Å². The number of allylic oxidation sites excluding steroid dienone is 1. The van der Waals surface area contributed by atoms with E-state index < -0.39 is 6.04 Å². The Hall–Kier alpha value is -4.76. The number of anilines is 3. The van der Waals surface area contributed by atoms with Crippen LogP contribution >= 0.6 is 11.6 Å². The van der Waals surface area contributed by atoms with Gasteiger partial charge in [-0.3, -0.25) is 9.59 Å². The summed E-state index contributed by atoms with van der Waals surface area (Å²) in [6.07, 6.45) is 1.49. The summed E-state index contributed by atoms with van der Waals surface area (Å²) in [4.78, 5) is 27.0. The van der Waals surface area contributed by atoms with Gasteiger partial charge in [0, 0.05) is 22.1 Å². The zero-order valence-corrected chi connectivity index (χ0v) is 23.2. The number of carbonyl (C=O) groups is 2. The maximum atomic E-state index is 13.7. The normalized spacial score (nSPS) is 14.2. The third-order valence-electron chi connectivity index (χ3n) is 6.65. The van der Waals surface area contributed by atoms with Gasteiger partial charge in [0.05, 0.1) is 26.0 Å². The minimum atomic E-state index is -0.677. The number of hydrogen-bond acceptors (Lipinski definition) is 6. The number of hydrogen-bond donors (Lipinski definition) is 3. The van der Waals surface area contributed by atoms with Crippen LogP contribution in [-0.2, 0) is 4.79 Å². The minimum Gasteiger partial charge on any atom is -0.493 e. The maximum Gasteiger partial charge on any atom is 0.261 e. The molecule has 0 aliphatic carbocycles. The molecular formula is C30H28ClN5O4. The van der Waals surface area contributed by atoms with Gasteiger partial charge in [-0.05, 0) is 67.9 Å². The average molecular weight is 558 g/mol. The van der Waals surface area contributed by atoms with Crippen LogP contribution < -0.4 is 25.4 Å². The molecule has 1 atom stereocenters. The van der Waals surface area contributed by atoms with E-state index in [4.69, 9.17) is 21.1 Å². The smallest absolute Gasteiger partial charge is 0.261 e. The number of nitrogens with zero attached hydrogens (tertiary/aromatic N) is 2. The van der Waals surface area contributed by atoms with Gasteiger partial charge in [-0.1, -0.05) is 35.4 Å². The van der Waals surface area contributed by atoms with Gasteiger partial charge in [-0.25, -0.2) is 4.68 Å². The first-order valence-corrected chi connectivity index (χ1v) is 12.9. The number of aromatic nitrogens is 2. The Morgan fingerprint density at radius 1 is 0.875 bits per heavy atom. The molecular weight excluding hydrogens is 530 g/mol. The average Bonchev–Trinajstić information content (AvgIpc) is 3.37. The number of fused-ring (bicyclic) bond motifs is 1. The molecule has 0 spiro atoms. The lowest BCUT2D eigenvalue weighted by Gasteiger charge is -2.30. The van der Waals surface area contributed by atoms with E-state index in [-0.39, 0.29) is 11.8 Å². The van der Waals surface area contributed by atoms with Crippen LogP contribution in [0.5, 0.6) is 11.5 Å². The predicted molar refractivity (Wildman–Crippen MR) is 155 cm³/mol. The number of halogens is 1. The fraction of sp³-hybridized carbons (Fsp3) is 0.167. The predicted octanol–water partition coefficient (Wildman–Crippen LogP) is 6.04.